The maximum absolute atomic E-state index is 12.5. The number of hydrogen-bond donors (Lipinski definition) is 1. The molecule has 0 aromatic rings. The molecule has 0 atom stereocenters. The molecule has 1 nitrogen and oxygen atoms in total. The molecule has 3 rings (SSSR count). The maximum Gasteiger partial charge on any atom is 0.244 e. The van der Waals surface area contributed by atoms with E-state index in [0.29, 0.717) is 19.3 Å². The maximum atomic E-state index is 12.5. The zero-order chi connectivity index (χ0) is 8.11. The van der Waals surface area contributed by atoms with Gasteiger partial charge in [-0.05, 0) is 25.7 Å². The Morgan fingerprint density at radius 2 is 1.75 bits per heavy atom. The molecule has 2 N–H and O–H groups in total. The minimum absolute atomic E-state index is 0. The van der Waals surface area contributed by atoms with Gasteiger partial charge in [0.15, 0.2) is 0 Å². The Morgan fingerprint density at radius 1 is 1.17 bits per heavy atom. The van der Waals surface area contributed by atoms with E-state index in [1.807, 2.05) is 0 Å². The van der Waals surface area contributed by atoms with Crippen molar-refractivity contribution in [3.05, 3.63) is 0 Å². The van der Waals surface area contributed by atoms with Crippen LogP contribution < -0.4 is 5.73 Å². The first-order chi connectivity index (χ1) is 5.06. The van der Waals surface area contributed by atoms with Crippen LogP contribution in [0, 0.1) is 5.41 Å². The highest BCUT2D eigenvalue weighted by Gasteiger charge is 2.59. The van der Waals surface area contributed by atoms with Crippen molar-refractivity contribution >= 4 is 12.4 Å². The van der Waals surface area contributed by atoms with Crippen LogP contribution in [0.15, 0.2) is 0 Å². The van der Waals surface area contributed by atoms with Gasteiger partial charge in [-0.25, -0.2) is 8.78 Å². The van der Waals surface area contributed by atoms with E-state index in [9.17, 15) is 8.78 Å². The zero-order valence-electron chi connectivity index (χ0n) is 6.85. The lowest BCUT2D eigenvalue weighted by molar-refractivity contribution is -0.135. The number of fused-ring (bicyclic) bond motifs is 2. The molecular weight excluding hydrogens is 184 g/mol. The summed E-state index contributed by atoms with van der Waals surface area (Å²) in [6, 6.07) is 0. The van der Waals surface area contributed by atoms with E-state index in [2.05, 4.69) is 0 Å². The van der Waals surface area contributed by atoms with E-state index in [4.69, 9.17) is 5.73 Å². The van der Waals surface area contributed by atoms with Crippen LogP contribution in [0.4, 0.5) is 8.78 Å². The fraction of sp³-hybridized carbons (Fsp3) is 1.00. The summed E-state index contributed by atoms with van der Waals surface area (Å²) in [6.07, 6.45) is 1.47. The molecule has 0 amide bonds. The average molecular weight is 198 g/mol. The third-order valence-corrected chi connectivity index (χ3v) is 3.22. The van der Waals surface area contributed by atoms with Gasteiger partial charge in [-0.3, -0.25) is 0 Å². The first-order valence-electron chi connectivity index (χ1n) is 4.14. The van der Waals surface area contributed by atoms with Crippen molar-refractivity contribution < 1.29 is 8.78 Å². The van der Waals surface area contributed by atoms with Gasteiger partial charge in [0, 0.05) is 11.0 Å². The molecular formula is C8H14ClF2N. The fourth-order valence-corrected chi connectivity index (χ4v) is 2.76. The molecule has 0 radical (unpaired) electrons. The van der Waals surface area contributed by atoms with Crippen LogP contribution in [0.5, 0.6) is 0 Å². The summed E-state index contributed by atoms with van der Waals surface area (Å²) in [4.78, 5) is 0. The normalized spacial score (nSPS) is 45.0. The molecule has 3 aliphatic carbocycles. The van der Waals surface area contributed by atoms with Crippen molar-refractivity contribution in [3.8, 4) is 0 Å². The monoisotopic (exact) mass is 197 g/mol. The summed E-state index contributed by atoms with van der Waals surface area (Å²) >= 11 is 0. The van der Waals surface area contributed by atoms with E-state index < -0.39 is 11.8 Å². The van der Waals surface area contributed by atoms with E-state index in [-0.39, 0.29) is 17.9 Å². The number of hydrogen-bond acceptors (Lipinski definition) is 1. The lowest BCUT2D eigenvalue weighted by Gasteiger charge is -2.58. The van der Waals surface area contributed by atoms with Crippen LogP contribution >= 0.6 is 12.4 Å². The van der Waals surface area contributed by atoms with Crippen LogP contribution in [-0.4, -0.2) is 12.0 Å². The summed E-state index contributed by atoms with van der Waals surface area (Å²) in [5, 5.41) is 0. The molecule has 0 aromatic heterocycles. The van der Waals surface area contributed by atoms with Gasteiger partial charge in [0.1, 0.15) is 0 Å². The van der Waals surface area contributed by atoms with Gasteiger partial charge in [-0.1, -0.05) is 6.42 Å². The second-order valence-electron chi connectivity index (χ2n) is 4.23. The van der Waals surface area contributed by atoms with Gasteiger partial charge in [-0.15, -0.1) is 12.4 Å². The van der Waals surface area contributed by atoms with Crippen LogP contribution in [-0.2, 0) is 0 Å². The second-order valence-corrected chi connectivity index (χ2v) is 4.23. The predicted molar refractivity (Wildman–Crippen MR) is 45.7 cm³/mol. The van der Waals surface area contributed by atoms with Gasteiger partial charge in [0.2, 0.25) is 6.43 Å². The van der Waals surface area contributed by atoms with Crippen molar-refractivity contribution in [2.75, 3.05) is 0 Å². The summed E-state index contributed by atoms with van der Waals surface area (Å²) in [5.41, 5.74) is 4.95. The smallest absolute Gasteiger partial charge is 0.244 e. The average Bonchev–Trinajstić information content (AvgIpc) is 1.85. The third-order valence-electron chi connectivity index (χ3n) is 3.22. The van der Waals surface area contributed by atoms with Crippen LogP contribution in [0.25, 0.3) is 0 Å². The first kappa shape index (κ1) is 10.2. The first-order valence-corrected chi connectivity index (χ1v) is 4.14. The molecule has 3 fully saturated rings. The second kappa shape index (κ2) is 2.81. The van der Waals surface area contributed by atoms with Gasteiger partial charge in [0.25, 0.3) is 0 Å². The van der Waals surface area contributed by atoms with Gasteiger partial charge >= 0.3 is 0 Å². The molecule has 0 heterocycles. The van der Waals surface area contributed by atoms with Crippen LogP contribution in [0.2, 0.25) is 0 Å². The molecule has 72 valence electrons. The van der Waals surface area contributed by atoms with E-state index >= 15 is 0 Å². The minimum Gasteiger partial charge on any atom is -0.325 e. The lowest BCUT2D eigenvalue weighted by atomic mass is 9.50. The predicted octanol–water partition coefficient (Wildman–Crippen LogP) is 2.33. The van der Waals surface area contributed by atoms with Crippen molar-refractivity contribution in [3.63, 3.8) is 0 Å². The Kier molecular flexibility index (Phi) is 2.39. The van der Waals surface area contributed by atoms with Crippen molar-refractivity contribution in [1.82, 2.24) is 0 Å². The molecule has 2 bridgehead atoms. The molecule has 3 aliphatic rings. The topological polar surface area (TPSA) is 26.0 Å². The molecule has 3 saturated carbocycles. The molecule has 12 heavy (non-hydrogen) atoms. The molecule has 0 saturated heterocycles. The Morgan fingerprint density at radius 3 is 2.08 bits per heavy atom. The van der Waals surface area contributed by atoms with Gasteiger partial charge in [0.05, 0.1) is 0 Å². The molecule has 0 aromatic carbocycles. The quantitative estimate of drug-likeness (QED) is 0.686. The Hall–Kier alpha value is 0.110. The lowest BCUT2D eigenvalue weighted by Crippen LogP contribution is -2.63. The SMILES string of the molecule is Cl.NC12CCCC(C(F)F)(C1)C2. The van der Waals surface area contributed by atoms with Gasteiger partial charge in [-0.2, -0.15) is 0 Å². The summed E-state index contributed by atoms with van der Waals surface area (Å²) in [5.74, 6) is 0. The van der Waals surface area contributed by atoms with Crippen molar-refractivity contribution in [1.29, 1.82) is 0 Å². The highest BCUT2D eigenvalue weighted by molar-refractivity contribution is 5.85. The van der Waals surface area contributed by atoms with E-state index in [0.717, 1.165) is 12.8 Å². The third kappa shape index (κ3) is 1.23. The number of rotatable bonds is 1. The minimum atomic E-state index is -2.15. The van der Waals surface area contributed by atoms with E-state index in [1.54, 1.807) is 0 Å². The number of halogens is 3. The molecule has 0 aliphatic heterocycles. The number of alkyl halides is 2. The van der Waals surface area contributed by atoms with Crippen molar-refractivity contribution in [2.24, 2.45) is 11.1 Å². The fourth-order valence-electron chi connectivity index (χ4n) is 2.76. The molecule has 4 heteroatoms. The van der Waals surface area contributed by atoms with Gasteiger partial charge < -0.3 is 5.73 Å². The summed E-state index contributed by atoms with van der Waals surface area (Å²) in [6.45, 7) is 0. The molecule has 0 unspecified atom stereocenters. The Balaban J connectivity index is 0.000000720. The molecule has 0 spiro atoms. The van der Waals surface area contributed by atoms with Crippen LogP contribution in [0.3, 0.4) is 0 Å². The Labute approximate surface area is 77.1 Å². The van der Waals surface area contributed by atoms with Crippen molar-refractivity contribution in [2.45, 2.75) is 44.1 Å². The van der Waals surface area contributed by atoms with E-state index in [1.165, 1.54) is 0 Å². The Bertz CT molecular complexity index is 178. The largest absolute Gasteiger partial charge is 0.325 e. The van der Waals surface area contributed by atoms with Crippen LogP contribution in [0.1, 0.15) is 32.1 Å². The summed E-state index contributed by atoms with van der Waals surface area (Å²) in [7, 11) is 0. The standard InChI is InChI=1S/C8H13F2N.ClH/c9-6(10)7-2-1-3-8(11,4-7)5-7;/h6H,1-5,11H2;1H. The highest BCUT2D eigenvalue weighted by Crippen LogP contribution is 2.59. The highest BCUT2D eigenvalue weighted by atomic mass is 35.5. The number of nitrogens with two attached hydrogens (primary N) is 1. The summed E-state index contributed by atoms with van der Waals surface area (Å²) < 4.78 is 24.9. The zero-order valence-corrected chi connectivity index (χ0v) is 7.67.